The number of benzene rings is 3. The summed E-state index contributed by atoms with van der Waals surface area (Å²) in [5, 5.41) is 80.9. The van der Waals surface area contributed by atoms with Gasteiger partial charge in [-0.15, -0.1) is 0 Å². The molecular weight excluding hydrogens is 600 g/mol. The van der Waals surface area contributed by atoms with E-state index < -0.39 is 88.4 Å². The summed E-state index contributed by atoms with van der Waals surface area (Å²) in [7, 11) is 0. The third-order valence-corrected chi connectivity index (χ3v) is 6.77. The quantitative estimate of drug-likeness (QED) is 0.0452. The number of ether oxygens (including phenoxy) is 2. The fourth-order valence-electron chi connectivity index (χ4n) is 4.40. The second-order valence-corrected chi connectivity index (χ2v) is 9.87. The lowest BCUT2D eigenvalue weighted by molar-refractivity contribution is -0.322. The number of fused-ring (bicyclic) bond motifs is 1. The molecule has 1 saturated heterocycles. The van der Waals surface area contributed by atoms with Crippen molar-refractivity contribution in [2.45, 2.75) is 30.7 Å². The number of phenolic OH excluding ortho intramolecular Hbond substituents is 5. The molecule has 45 heavy (non-hydrogen) atoms. The standard InChI is InChI=1S/C30H26O15/c31-15-5-1-13(2-6-15)3-8-23(36)45-41-12-22-25(37)27(39)28(40)30(44-22)43-21-11-19(35)24-18(34)10-20(42-29(24)26(21)38)14-4-7-16(32)17(33)9-14/h1-11,22,25,27-28,30-33,35,37-40H,12H2/b8-3+/t22-,25-,27+,28-,30-/m1/s1. The Morgan fingerprint density at radius 1 is 0.844 bits per heavy atom. The van der Waals surface area contributed by atoms with E-state index in [1.54, 1.807) is 12.1 Å². The van der Waals surface area contributed by atoms with Gasteiger partial charge in [0.25, 0.3) is 0 Å². The van der Waals surface area contributed by atoms with E-state index in [0.29, 0.717) is 5.56 Å². The van der Waals surface area contributed by atoms with Crippen molar-refractivity contribution in [3.8, 4) is 45.8 Å². The van der Waals surface area contributed by atoms with E-state index in [2.05, 4.69) is 4.89 Å². The van der Waals surface area contributed by atoms with Crippen molar-refractivity contribution in [1.29, 1.82) is 0 Å². The Kier molecular flexibility index (Phi) is 8.80. The van der Waals surface area contributed by atoms with Gasteiger partial charge in [0.05, 0.1) is 0 Å². The normalized spacial score (nSPS) is 21.6. The number of carbonyl (C=O) groups excluding carboxylic acids is 1. The topological polar surface area (TPSA) is 246 Å². The highest BCUT2D eigenvalue weighted by molar-refractivity contribution is 5.91. The van der Waals surface area contributed by atoms with Crippen LogP contribution in [0.15, 0.2) is 69.9 Å². The molecule has 3 aromatic carbocycles. The van der Waals surface area contributed by atoms with Crippen molar-refractivity contribution < 1.29 is 69.3 Å². The van der Waals surface area contributed by atoms with Crippen LogP contribution in [0, 0.1) is 0 Å². The summed E-state index contributed by atoms with van der Waals surface area (Å²) in [6.07, 6.45) is -6.34. The number of phenols is 5. The highest BCUT2D eigenvalue weighted by Gasteiger charge is 2.45. The zero-order valence-electron chi connectivity index (χ0n) is 22.9. The minimum absolute atomic E-state index is 0.0413. The second kappa shape index (κ2) is 12.7. The molecule has 1 aliphatic heterocycles. The Morgan fingerprint density at radius 2 is 1.58 bits per heavy atom. The van der Waals surface area contributed by atoms with Crippen molar-refractivity contribution in [2.75, 3.05) is 6.61 Å². The van der Waals surface area contributed by atoms with Crippen molar-refractivity contribution in [3.05, 3.63) is 76.5 Å². The van der Waals surface area contributed by atoms with Crippen LogP contribution in [-0.2, 0) is 19.3 Å². The molecular formula is C30H26O15. The van der Waals surface area contributed by atoms with Crippen molar-refractivity contribution >= 4 is 23.0 Å². The van der Waals surface area contributed by atoms with E-state index in [9.17, 15) is 50.4 Å². The summed E-state index contributed by atoms with van der Waals surface area (Å²) in [4.78, 5) is 34.2. The fraction of sp³-hybridized carbons (Fsp3) is 0.200. The Balaban J connectivity index is 1.32. The van der Waals surface area contributed by atoms with Gasteiger partial charge >= 0.3 is 5.97 Å². The van der Waals surface area contributed by atoms with Gasteiger partial charge in [-0.25, -0.2) is 4.79 Å². The van der Waals surface area contributed by atoms with Gasteiger partial charge in [-0.3, -0.25) is 9.68 Å². The molecule has 5 atom stereocenters. The van der Waals surface area contributed by atoms with E-state index in [1.807, 2.05) is 0 Å². The first-order valence-electron chi connectivity index (χ1n) is 13.1. The summed E-state index contributed by atoms with van der Waals surface area (Å²) in [6.45, 7) is -0.643. The molecule has 0 aliphatic carbocycles. The Morgan fingerprint density at radius 3 is 2.29 bits per heavy atom. The fourth-order valence-corrected chi connectivity index (χ4v) is 4.40. The first kappa shape index (κ1) is 31.1. The summed E-state index contributed by atoms with van der Waals surface area (Å²) in [6, 6.07) is 11.3. The van der Waals surface area contributed by atoms with Crippen LogP contribution < -0.4 is 10.2 Å². The minimum Gasteiger partial charge on any atom is -0.508 e. The number of rotatable bonds is 8. The van der Waals surface area contributed by atoms with E-state index in [0.717, 1.165) is 30.3 Å². The molecule has 15 heteroatoms. The van der Waals surface area contributed by atoms with Crippen LogP contribution in [0.2, 0.25) is 0 Å². The number of aromatic hydroxyl groups is 5. The van der Waals surface area contributed by atoms with Crippen LogP contribution in [-0.4, -0.2) is 84.1 Å². The van der Waals surface area contributed by atoms with Crippen LogP contribution >= 0.6 is 0 Å². The molecule has 236 valence electrons. The van der Waals surface area contributed by atoms with Gasteiger partial charge in [0, 0.05) is 23.8 Å². The van der Waals surface area contributed by atoms with Gasteiger partial charge in [0.15, 0.2) is 28.3 Å². The zero-order valence-corrected chi connectivity index (χ0v) is 22.9. The largest absolute Gasteiger partial charge is 0.508 e. The molecule has 15 nitrogen and oxygen atoms in total. The van der Waals surface area contributed by atoms with Gasteiger partial charge in [0.1, 0.15) is 53.7 Å². The van der Waals surface area contributed by atoms with E-state index in [1.165, 1.54) is 24.3 Å². The predicted molar refractivity (Wildman–Crippen MR) is 151 cm³/mol. The van der Waals surface area contributed by atoms with Gasteiger partial charge in [0.2, 0.25) is 12.0 Å². The first-order chi connectivity index (χ1) is 21.4. The molecule has 0 radical (unpaired) electrons. The first-order valence-corrected chi connectivity index (χ1v) is 13.1. The molecule has 0 saturated carbocycles. The number of hydrogen-bond acceptors (Lipinski definition) is 15. The molecule has 1 aromatic heterocycles. The minimum atomic E-state index is -1.90. The van der Waals surface area contributed by atoms with Crippen molar-refractivity contribution in [1.82, 2.24) is 0 Å². The lowest BCUT2D eigenvalue weighted by Crippen LogP contribution is -2.60. The molecule has 2 heterocycles. The molecule has 0 unspecified atom stereocenters. The number of hydrogen-bond donors (Lipinski definition) is 8. The van der Waals surface area contributed by atoms with E-state index in [-0.39, 0.29) is 17.1 Å². The van der Waals surface area contributed by atoms with Crippen LogP contribution in [0.4, 0.5) is 0 Å². The van der Waals surface area contributed by atoms with E-state index in [4.69, 9.17) is 18.8 Å². The molecule has 1 fully saturated rings. The maximum atomic E-state index is 12.8. The van der Waals surface area contributed by atoms with Crippen LogP contribution in [0.5, 0.6) is 34.5 Å². The van der Waals surface area contributed by atoms with Crippen LogP contribution in [0.25, 0.3) is 28.4 Å². The molecule has 4 aromatic rings. The lowest BCUT2D eigenvalue weighted by Gasteiger charge is -2.39. The third kappa shape index (κ3) is 6.62. The van der Waals surface area contributed by atoms with Crippen LogP contribution in [0.1, 0.15) is 5.56 Å². The Labute approximate surface area is 252 Å². The summed E-state index contributed by atoms with van der Waals surface area (Å²) >= 11 is 0. The monoisotopic (exact) mass is 626 g/mol. The lowest BCUT2D eigenvalue weighted by atomic mass is 9.99. The number of aliphatic hydroxyl groups excluding tert-OH is 3. The summed E-state index contributed by atoms with van der Waals surface area (Å²) in [5.41, 5.74) is -0.614. The number of aliphatic hydroxyl groups is 3. The molecule has 0 spiro atoms. The SMILES string of the molecule is O=C(/C=C/c1ccc(O)cc1)OOC[C@H]1O[C@@H](Oc2cc(O)c3c(=O)cc(-c4ccc(O)c(O)c4)oc3c2O)[C@H](O)[C@@H](O)[C@@H]1O. The summed E-state index contributed by atoms with van der Waals surface area (Å²) < 4.78 is 16.6. The average Bonchev–Trinajstić information content (AvgIpc) is 3.01. The van der Waals surface area contributed by atoms with Gasteiger partial charge in [-0.05, 0) is 42.0 Å². The highest BCUT2D eigenvalue weighted by Crippen LogP contribution is 2.42. The average molecular weight is 627 g/mol. The molecule has 0 bridgehead atoms. The van der Waals surface area contributed by atoms with Gasteiger partial charge in [-0.2, -0.15) is 4.89 Å². The van der Waals surface area contributed by atoms with Crippen molar-refractivity contribution in [2.24, 2.45) is 0 Å². The second-order valence-electron chi connectivity index (χ2n) is 9.87. The van der Waals surface area contributed by atoms with Gasteiger partial charge in [-0.1, -0.05) is 12.1 Å². The third-order valence-electron chi connectivity index (χ3n) is 6.77. The highest BCUT2D eigenvalue weighted by atomic mass is 17.2. The molecule has 8 N–H and O–H groups in total. The maximum absolute atomic E-state index is 12.8. The molecule has 1 aliphatic rings. The zero-order chi connectivity index (χ0) is 32.4. The molecule has 5 rings (SSSR count). The Bertz CT molecular complexity index is 1800. The summed E-state index contributed by atoms with van der Waals surface area (Å²) in [5.74, 6) is -4.07. The van der Waals surface area contributed by atoms with Gasteiger partial charge < -0.3 is 54.7 Å². The number of carbonyl (C=O) groups is 1. The Hall–Kier alpha value is -5.32. The van der Waals surface area contributed by atoms with Crippen LogP contribution in [0.3, 0.4) is 0 Å². The molecule has 0 amide bonds. The van der Waals surface area contributed by atoms with E-state index >= 15 is 0 Å². The predicted octanol–water partition coefficient (Wildman–Crippen LogP) is 1.36. The smallest absolute Gasteiger partial charge is 0.365 e. The van der Waals surface area contributed by atoms with Crippen molar-refractivity contribution in [3.63, 3.8) is 0 Å². The maximum Gasteiger partial charge on any atom is 0.365 e.